The Balaban J connectivity index is 2.21. The van der Waals surface area contributed by atoms with Gasteiger partial charge in [0.1, 0.15) is 10.9 Å². The number of nitrogens with zero attached hydrogens (tertiary/aromatic N) is 3. The third-order valence-corrected chi connectivity index (χ3v) is 5.27. The number of nitrogens with two attached hydrogens (primary N) is 2. The van der Waals surface area contributed by atoms with Crippen LogP contribution in [0.3, 0.4) is 0 Å². The zero-order valence-corrected chi connectivity index (χ0v) is 18.9. The van der Waals surface area contributed by atoms with Gasteiger partial charge < -0.3 is 32.1 Å². The molecule has 0 aliphatic carbocycles. The fourth-order valence-electron chi connectivity index (χ4n) is 2.77. The second-order valence-corrected chi connectivity index (χ2v) is 8.12. The molecule has 1 aromatic carbocycles. The van der Waals surface area contributed by atoms with E-state index in [2.05, 4.69) is 20.6 Å². The number of benzene rings is 1. The van der Waals surface area contributed by atoms with Crippen molar-refractivity contribution in [3.8, 4) is 0 Å². The predicted octanol–water partition coefficient (Wildman–Crippen LogP) is -0.0295. The summed E-state index contributed by atoms with van der Waals surface area (Å²) in [5.41, 5.74) is 12.8. The number of rotatable bonds is 9. The molecule has 1 heterocycles. The molecule has 0 aliphatic rings. The molecule has 2 rings (SSSR count). The fraction of sp³-hybridized carbons (Fsp3) is 0.350. The molecule has 1 atom stereocenters. The minimum absolute atomic E-state index is 0.0321. The molecular weight excluding hydrogens is 434 g/mol. The van der Waals surface area contributed by atoms with Crippen LogP contribution in [0, 0.1) is 0 Å². The Kier molecular flexibility index (Phi) is 8.67. The summed E-state index contributed by atoms with van der Waals surface area (Å²) in [6, 6.07) is 6.18. The van der Waals surface area contributed by atoms with Gasteiger partial charge in [0.15, 0.2) is 11.1 Å². The number of aryl methyl sites for hydroxylation is 2. The molecule has 0 spiro atoms. The van der Waals surface area contributed by atoms with Crippen molar-refractivity contribution in [2.75, 3.05) is 26.0 Å². The Bertz CT molecular complexity index is 998. The standard InChI is InChI=1S/C20H27N7O4S/c1-11(29)23-20-26-14(9-6-12-4-7-13(8-5-12)24-19(21)22)16(32-20)17(30)25-15(10-28)18(31)27(2)3/h4-5,7-8,15,28H,6,9-10H2,1-3H3,(H,25,30)(H4,21,22,24)(H,23,26,29). The monoisotopic (exact) mass is 461 g/mol. The zero-order chi connectivity index (χ0) is 23.8. The summed E-state index contributed by atoms with van der Waals surface area (Å²) < 4.78 is 0. The van der Waals surface area contributed by atoms with Crippen molar-refractivity contribution in [3.05, 3.63) is 40.4 Å². The molecule has 3 amide bonds. The van der Waals surface area contributed by atoms with Crippen molar-refractivity contribution in [1.29, 1.82) is 0 Å². The Hall–Kier alpha value is -3.51. The smallest absolute Gasteiger partial charge is 0.264 e. The second-order valence-electron chi connectivity index (χ2n) is 7.12. The maximum Gasteiger partial charge on any atom is 0.264 e. The molecule has 32 heavy (non-hydrogen) atoms. The van der Waals surface area contributed by atoms with Gasteiger partial charge in [0.05, 0.1) is 18.0 Å². The highest BCUT2D eigenvalue weighted by atomic mass is 32.1. The summed E-state index contributed by atoms with van der Waals surface area (Å²) in [6.45, 7) is 0.800. The van der Waals surface area contributed by atoms with Crippen LogP contribution < -0.4 is 22.1 Å². The number of carbonyl (C=O) groups excluding carboxylic acids is 3. The molecule has 0 saturated heterocycles. The van der Waals surface area contributed by atoms with E-state index < -0.39 is 24.5 Å². The predicted molar refractivity (Wildman–Crippen MR) is 123 cm³/mol. The van der Waals surface area contributed by atoms with Gasteiger partial charge in [-0.15, -0.1) is 0 Å². The van der Waals surface area contributed by atoms with Crippen LogP contribution in [0.5, 0.6) is 0 Å². The molecule has 7 N–H and O–H groups in total. The number of aliphatic hydroxyl groups excluding tert-OH is 1. The topological polar surface area (TPSA) is 176 Å². The molecule has 0 saturated carbocycles. The van der Waals surface area contributed by atoms with Crippen LogP contribution in [-0.2, 0) is 22.4 Å². The largest absolute Gasteiger partial charge is 0.394 e. The van der Waals surface area contributed by atoms with Crippen molar-refractivity contribution in [2.45, 2.75) is 25.8 Å². The molecule has 0 aliphatic heterocycles. The van der Waals surface area contributed by atoms with Crippen LogP contribution in [0.4, 0.5) is 10.8 Å². The van der Waals surface area contributed by atoms with Gasteiger partial charge in [0, 0.05) is 21.0 Å². The second kappa shape index (κ2) is 11.2. The summed E-state index contributed by atoms with van der Waals surface area (Å²) >= 11 is 1.01. The molecule has 0 bridgehead atoms. The summed E-state index contributed by atoms with van der Waals surface area (Å²) in [7, 11) is 3.06. The van der Waals surface area contributed by atoms with Crippen LogP contribution in [-0.4, -0.2) is 65.4 Å². The minimum atomic E-state index is -1.08. The van der Waals surface area contributed by atoms with E-state index in [-0.39, 0.29) is 21.9 Å². The first-order chi connectivity index (χ1) is 15.1. The van der Waals surface area contributed by atoms with Gasteiger partial charge in [-0.3, -0.25) is 14.4 Å². The summed E-state index contributed by atoms with van der Waals surface area (Å²) in [6.07, 6.45) is 0.970. The number of anilines is 1. The van der Waals surface area contributed by atoms with Crippen molar-refractivity contribution < 1.29 is 19.5 Å². The SMILES string of the molecule is CC(=O)Nc1nc(CCc2ccc(N=C(N)N)cc2)c(C(=O)NC(CO)C(=O)N(C)C)s1. The normalized spacial score (nSPS) is 11.4. The van der Waals surface area contributed by atoms with Crippen molar-refractivity contribution in [1.82, 2.24) is 15.2 Å². The van der Waals surface area contributed by atoms with Gasteiger partial charge in [-0.1, -0.05) is 23.5 Å². The van der Waals surface area contributed by atoms with Crippen LogP contribution >= 0.6 is 11.3 Å². The number of thiazole rings is 1. The van der Waals surface area contributed by atoms with Gasteiger partial charge in [-0.05, 0) is 30.5 Å². The maximum absolute atomic E-state index is 12.8. The van der Waals surface area contributed by atoms with E-state index in [1.165, 1.54) is 25.9 Å². The lowest BCUT2D eigenvalue weighted by Gasteiger charge is -2.19. The van der Waals surface area contributed by atoms with Crippen molar-refractivity contribution >= 4 is 45.8 Å². The number of aliphatic imine (C=N–C) groups is 1. The number of likely N-dealkylation sites (N-methyl/N-ethyl adjacent to an activating group) is 1. The molecule has 1 unspecified atom stereocenters. The average Bonchev–Trinajstić information content (AvgIpc) is 3.12. The number of carbonyl (C=O) groups is 3. The van der Waals surface area contributed by atoms with Crippen molar-refractivity contribution in [2.24, 2.45) is 16.5 Å². The van der Waals surface area contributed by atoms with Gasteiger partial charge in [-0.25, -0.2) is 9.98 Å². The fourth-order valence-corrected chi connectivity index (χ4v) is 3.73. The number of amides is 3. The van der Waals surface area contributed by atoms with E-state index in [1.54, 1.807) is 12.1 Å². The molecule has 1 aromatic heterocycles. The van der Waals surface area contributed by atoms with E-state index in [9.17, 15) is 19.5 Å². The Labute approximate surface area is 189 Å². The molecular formula is C20H27N7O4S. The average molecular weight is 462 g/mol. The van der Waals surface area contributed by atoms with Crippen LogP contribution in [0.2, 0.25) is 0 Å². The summed E-state index contributed by atoms with van der Waals surface area (Å²) in [4.78, 5) is 46.3. The summed E-state index contributed by atoms with van der Waals surface area (Å²) in [5.74, 6) is -1.33. The lowest BCUT2D eigenvalue weighted by molar-refractivity contribution is -0.131. The lowest BCUT2D eigenvalue weighted by atomic mass is 10.1. The van der Waals surface area contributed by atoms with Gasteiger partial charge >= 0.3 is 0 Å². The first-order valence-corrected chi connectivity index (χ1v) is 10.5. The first-order valence-electron chi connectivity index (χ1n) is 9.69. The van der Waals surface area contributed by atoms with Crippen LogP contribution in [0.25, 0.3) is 0 Å². The zero-order valence-electron chi connectivity index (χ0n) is 18.1. The van der Waals surface area contributed by atoms with E-state index in [4.69, 9.17) is 11.5 Å². The Morgan fingerprint density at radius 1 is 1.19 bits per heavy atom. The maximum atomic E-state index is 12.8. The number of hydrogen-bond donors (Lipinski definition) is 5. The van der Waals surface area contributed by atoms with Crippen molar-refractivity contribution in [3.63, 3.8) is 0 Å². The van der Waals surface area contributed by atoms with E-state index >= 15 is 0 Å². The highest BCUT2D eigenvalue weighted by Crippen LogP contribution is 2.25. The van der Waals surface area contributed by atoms with E-state index in [0.717, 1.165) is 16.9 Å². The molecule has 172 valence electrons. The number of aromatic nitrogens is 1. The number of guanidine groups is 1. The first kappa shape index (κ1) is 24.8. The van der Waals surface area contributed by atoms with Gasteiger partial charge in [0.25, 0.3) is 5.91 Å². The lowest BCUT2D eigenvalue weighted by Crippen LogP contribution is -2.48. The molecule has 12 heteroatoms. The number of aliphatic hydroxyl groups is 1. The third kappa shape index (κ3) is 7.03. The highest BCUT2D eigenvalue weighted by Gasteiger charge is 2.25. The third-order valence-electron chi connectivity index (χ3n) is 4.26. The van der Waals surface area contributed by atoms with Gasteiger partial charge in [0.2, 0.25) is 11.8 Å². The molecule has 2 aromatic rings. The Morgan fingerprint density at radius 3 is 2.38 bits per heavy atom. The minimum Gasteiger partial charge on any atom is -0.394 e. The summed E-state index contributed by atoms with van der Waals surface area (Å²) in [5, 5.41) is 14.9. The number of hydrogen-bond acceptors (Lipinski definition) is 7. The molecule has 0 fully saturated rings. The molecule has 11 nitrogen and oxygen atoms in total. The van der Waals surface area contributed by atoms with E-state index in [0.29, 0.717) is 24.2 Å². The Morgan fingerprint density at radius 2 is 1.84 bits per heavy atom. The highest BCUT2D eigenvalue weighted by molar-refractivity contribution is 7.17. The van der Waals surface area contributed by atoms with Crippen LogP contribution in [0.1, 0.15) is 27.9 Å². The van der Waals surface area contributed by atoms with E-state index in [1.807, 2.05) is 12.1 Å². The molecule has 0 radical (unpaired) electrons. The van der Waals surface area contributed by atoms with Crippen LogP contribution in [0.15, 0.2) is 29.3 Å². The quantitative estimate of drug-likeness (QED) is 0.257. The van der Waals surface area contributed by atoms with Gasteiger partial charge in [-0.2, -0.15) is 0 Å². The number of nitrogens with one attached hydrogen (secondary N) is 2.